The Morgan fingerprint density at radius 3 is 2.65 bits per heavy atom. The van der Waals surface area contributed by atoms with Crippen LogP contribution in [0.1, 0.15) is 32.3 Å². The molecule has 1 aromatic carbocycles. The third-order valence-corrected chi connectivity index (χ3v) is 3.88. The number of nitrogens with one attached hydrogen (secondary N) is 1. The lowest BCUT2D eigenvalue weighted by Gasteiger charge is -2.28. The molecule has 0 bridgehead atoms. The number of carbonyl (C=O) groups is 1. The molecule has 1 N–H and O–H groups in total. The van der Waals surface area contributed by atoms with Crippen LogP contribution < -0.4 is 10.1 Å². The summed E-state index contributed by atoms with van der Waals surface area (Å²) in [5.74, 6) is 0.868. The molecule has 0 radical (unpaired) electrons. The zero-order valence-electron chi connectivity index (χ0n) is 14.9. The van der Waals surface area contributed by atoms with Crippen LogP contribution in [0.5, 0.6) is 5.75 Å². The first-order valence-electron chi connectivity index (χ1n) is 8.00. The van der Waals surface area contributed by atoms with E-state index in [1.165, 1.54) is 0 Å². The first-order chi connectivity index (χ1) is 10.7. The van der Waals surface area contributed by atoms with Crippen molar-refractivity contribution in [3.05, 3.63) is 28.8 Å². The summed E-state index contributed by atoms with van der Waals surface area (Å²) in [5, 5.41) is 3.74. The van der Waals surface area contributed by atoms with Crippen LogP contribution in [0.3, 0.4) is 0 Å². The molecule has 0 unspecified atom stereocenters. The Kier molecular flexibility index (Phi) is 7.86. The van der Waals surface area contributed by atoms with Gasteiger partial charge in [0.05, 0.1) is 6.61 Å². The number of ether oxygens (including phenoxy) is 1. The van der Waals surface area contributed by atoms with Crippen molar-refractivity contribution in [2.45, 2.75) is 33.6 Å². The molecule has 0 saturated carbocycles. The van der Waals surface area contributed by atoms with Crippen molar-refractivity contribution in [3.63, 3.8) is 0 Å². The number of benzene rings is 1. The van der Waals surface area contributed by atoms with E-state index in [-0.39, 0.29) is 11.3 Å². The minimum Gasteiger partial charge on any atom is -0.494 e. The molecule has 0 saturated heterocycles. The van der Waals surface area contributed by atoms with Crippen molar-refractivity contribution in [1.29, 1.82) is 0 Å². The highest BCUT2D eigenvalue weighted by molar-refractivity contribution is 6.31. The quantitative estimate of drug-likeness (QED) is 0.699. The molecule has 130 valence electrons. The van der Waals surface area contributed by atoms with Gasteiger partial charge in [0.1, 0.15) is 5.75 Å². The summed E-state index contributed by atoms with van der Waals surface area (Å²) in [4.78, 5) is 14.0. The second-order valence-corrected chi connectivity index (χ2v) is 7.45. The van der Waals surface area contributed by atoms with Crippen molar-refractivity contribution in [1.82, 2.24) is 10.2 Å². The number of amides is 1. The normalized spacial score (nSPS) is 11.6. The molecule has 1 amide bonds. The van der Waals surface area contributed by atoms with Crippen LogP contribution in [0.25, 0.3) is 0 Å². The van der Waals surface area contributed by atoms with Gasteiger partial charge >= 0.3 is 0 Å². The van der Waals surface area contributed by atoms with Gasteiger partial charge in [-0.2, -0.15) is 0 Å². The minimum absolute atomic E-state index is 0.0660. The standard InChI is InChI=1S/C18H29ClN2O2/c1-14-11-15(8-9-16(14)19)23-10-6-7-17(22)20-12-18(2,3)13-21(4)5/h8-9,11H,6-7,10,12-13H2,1-5H3,(H,20,22). The van der Waals surface area contributed by atoms with Crippen LogP contribution in [0, 0.1) is 12.3 Å². The summed E-state index contributed by atoms with van der Waals surface area (Å²) >= 11 is 5.97. The molecule has 0 aliphatic rings. The molecule has 0 aliphatic heterocycles. The fraction of sp³-hybridized carbons (Fsp3) is 0.611. The third kappa shape index (κ3) is 8.24. The molecule has 0 aromatic heterocycles. The summed E-state index contributed by atoms with van der Waals surface area (Å²) in [7, 11) is 4.08. The number of hydrogen-bond donors (Lipinski definition) is 1. The highest BCUT2D eigenvalue weighted by Crippen LogP contribution is 2.21. The largest absolute Gasteiger partial charge is 0.494 e. The fourth-order valence-corrected chi connectivity index (χ4v) is 2.59. The first-order valence-corrected chi connectivity index (χ1v) is 8.38. The van der Waals surface area contributed by atoms with E-state index in [1.807, 2.05) is 39.2 Å². The molecular formula is C18H29ClN2O2. The maximum atomic E-state index is 11.9. The number of hydrogen-bond acceptors (Lipinski definition) is 3. The number of carbonyl (C=O) groups excluding carboxylic acids is 1. The average molecular weight is 341 g/mol. The van der Waals surface area contributed by atoms with Crippen molar-refractivity contribution in [3.8, 4) is 5.75 Å². The van der Waals surface area contributed by atoms with Gasteiger partial charge < -0.3 is 15.0 Å². The van der Waals surface area contributed by atoms with Crippen LogP contribution in [0.15, 0.2) is 18.2 Å². The van der Waals surface area contributed by atoms with Crippen LogP contribution in [0.2, 0.25) is 5.02 Å². The number of nitrogens with zero attached hydrogens (tertiary/aromatic N) is 1. The van der Waals surface area contributed by atoms with E-state index in [1.54, 1.807) is 0 Å². The van der Waals surface area contributed by atoms with Crippen molar-refractivity contribution < 1.29 is 9.53 Å². The smallest absolute Gasteiger partial charge is 0.220 e. The third-order valence-electron chi connectivity index (χ3n) is 3.45. The number of rotatable bonds is 9. The molecule has 0 heterocycles. The second kappa shape index (κ2) is 9.14. The Balaban J connectivity index is 2.22. The number of halogens is 1. The summed E-state index contributed by atoms with van der Waals surface area (Å²) < 4.78 is 5.64. The summed E-state index contributed by atoms with van der Waals surface area (Å²) in [6.45, 7) is 8.39. The van der Waals surface area contributed by atoms with E-state index >= 15 is 0 Å². The van der Waals surface area contributed by atoms with E-state index in [0.717, 1.165) is 22.9 Å². The predicted octanol–water partition coefficient (Wildman–Crippen LogP) is 3.51. The van der Waals surface area contributed by atoms with Crippen molar-refractivity contribution in [2.75, 3.05) is 33.8 Å². The SMILES string of the molecule is Cc1cc(OCCCC(=O)NCC(C)(C)CN(C)C)ccc1Cl. The van der Waals surface area contributed by atoms with E-state index in [4.69, 9.17) is 16.3 Å². The first kappa shape index (κ1) is 19.8. The maximum Gasteiger partial charge on any atom is 0.220 e. The monoisotopic (exact) mass is 340 g/mol. The molecular weight excluding hydrogens is 312 g/mol. The Morgan fingerprint density at radius 1 is 1.35 bits per heavy atom. The summed E-state index contributed by atoms with van der Waals surface area (Å²) in [6.07, 6.45) is 1.17. The lowest BCUT2D eigenvalue weighted by molar-refractivity contribution is -0.121. The van der Waals surface area contributed by atoms with E-state index in [0.29, 0.717) is 26.0 Å². The maximum absolute atomic E-state index is 11.9. The van der Waals surface area contributed by atoms with Gasteiger partial charge in [0.2, 0.25) is 5.91 Å². The minimum atomic E-state index is 0.0660. The average Bonchev–Trinajstić information content (AvgIpc) is 2.44. The molecule has 1 aromatic rings. The van der Waals surface area contributed by atoms with E-state index in [9.17, 15) is 4.79 Å². The zero-order valence-corrected chi connectivity index (χ0v) is 15.7. The van der Waals surface area contributed by atoms with Gasteiger partial charge in [0, 0.05) is 24.5 Å². The van der Waals surface area contributed by atoms with Crippen LogP contribution in [-0.2, 0) is 4.79 Å². The van der Waals surface area contributed by atoms with Crippen molar-refractivity contribution in [2.24, 2.45) is 5.41 Å². The Bertz CT molecular complexity index is 516. The van der Waals surface area contributed by atoms with E-state index < -0.39 is 0 Å². The molecule has 0 atom stereocenters. The van der Waals surface area contributed by atoms with Crippen LogP contribution in [0.4, 0.5) is 0 Å². The molecule has 23 heavy (non-hydrogen) atoms. The van der Waals surface area contributed by atoms with Crippen LogP contribution >= 0.6 is 11.6 Å². The molecule has 5 heteroatoms. The van der Waals surface area contributed by atoms with Gasteiger partial charge in [-0.05, 0) is 56.6 Å². The van der Waals surface area contributed by atoms with Gasteiger partial charge in [-0.3, -0.25) is 4.79 Å². The van der Waals surface area contributed by atoms with Gasteiger partial charge in [-0.15, -0.1) is 0 Å². The lowest BCUT2D eigenvalue weighted by Crippen LogP contribution is -2.39. The Morgan fingerprint density at radius 2 is 2.04 bits per heavy atom. The molecule has 0 spiro atoms. The predicted molar refractivity (Wildman–Crippen MR) is 96.3 cm³/mol. The Hall–Kier alpha value is -1.26. The lowest BCUT2D eigenvalue weighted by atomic mass is 9.93. The summed E-state index contributed by atoms with van der Waals surface area (Å²) in [5.41, 5.74) is 1.06. The highest BCUT2D eigenvalue weighted by atomic mass is 35.5. The Labute approximate surface area is 145 Å². The summed E-state index contributed by atoms with van der Waals surface area (Å²) in [6, 6.07) is 5.58. The highest BCUT2D eigenvalue weighted by Gasteiger charge is 2.19. The number of aryl methyl sites for hydroxylation is 1. The van der Waals surface area contributed by atoms with Crippen molar-refractivity contribution >= 4 is 17.5 Å². The fourth-order valence-electron chi connectivity index (χ4n) is 2.47. The molecule has 1 rings (SSSR count). The van der Waals surface area contributed by atoms with Gasteiger partial charge in [-0.25, -0.2) is 0 Å². The molecule has 0 aliphatic carbocycles. The zero-order chi connectivity index (χ0) is 17.5. The van der Waals surface area contributed by atoms with Gasteiger partial charge in [0.15, 0.2) is 0 Å². The van der Waals surface area contributed by atoms with Gasteiger partial charge in [0.25, 0.3) is 0 Å². The molecule has 4 nitrogen and oxygen atoms in total. The van der Waals surface area contributed by atoms with Crippen LogP contribution in [-0.4, -0.2) is 44.6 Å². The van der Waals surface area contributed by atoms with Gasteiger partial charge in [-0.1, -0.05) is 25.4 Å². The van der Waals surface area contributed by atoms with E-state index in [2.05, 4.69) is 24.1 Å². The topological polar surface area (TPSA) is 41.6 Å². The second-order valence-electron chi connectivity index (χ2n) is 7.04. The molecule has 0 fully saturated rings.